The maximum Gasteiger partial charge on any atom is 0.225 e. The van der Waals surface area contributed by atoms with Gasteiger partial charge in [-0.1, -0.05) is 18.2 Å². The lowest BCUT2D eigenvalue weighted by molar-refractivity contribution is -0.116. The van der Waals surface area contributed by atoms with Crippen LogP contribution in [0.15, 0.2) is 24.3 Å². The van der Waals surface area contributed by atoms with Crippen LogP contribution in [0, 0.1) is 6.92 Å². The third kappa shape index (κ3) is 4.83. The van der Waals surface area contributed by atoms with Crippen molar-refractivity contribution in [3.63, 3.8) is 0 Å². The quantitative estimate of drug-likeness (QED) is 0.811. The molecule has 1 aliphatic rings. The Bertz CT molecular complexity index is 462. The molecule has 1 saturated heterocycles. The smallest absolute Gasteiger partial charge is 0.225 e. The first-order valence-corrected chi connectivity index (χ1v) is 7.91. The van der Waals surface area contributed by atoms with Crippen LogP contribution in [0.1, 0.15) is 37.7 Å². The molecule has 2 N–H and O–H groups in total. The summed E-state index contributed by atoms with van der Waals surface area (Å²) in [5.41, 5.74) is 1.99. The van der Waals surface area contributed by atoms with Gasteiger partial charge in [-0.2, -0.15) is 0 Å². The molecule has 2 rings (SSSR count). The number of hydrogen-bond acceptors (Lipinski definition) is 3. The minimum Gasteiger partial charge on any atom is -0.396 e. The van der Waals surface area contributed by atoms with Gasteiger partial charge < -0.3 is 10.4 Å². The van der Waals surface area contributed by atoms with E-state index in [4.69, 9.17) is 5.11 Å². The number of nitrogens with one attached hydrogen (secondary N) is 1. The number of carbonyl (C=O) groups excluding carboxylic acids is 1. The summed E-state index contributed by atoms with van der Waals surface area (Å²) in [5.74, 6) is 0.0807. The van der Waals surface area contributed by atoms with Crippen molar-refractivity contribution < 1.29 is 9.90 Å². The lowest BCUT2D eigenvalue weighted by atomic mass is 10.1. The van der Waals surface area contributed by atoms with E-state index in [2.05, 4.69) is 10.2 Å². The first kappa shape index (κ1) is 16.0. The maximum atomic E-state index is 12.1. The molecular formula is C17H26N2O2. The van der Waals surface area contributed by atoms with E-state index in [9.17, 15) is 4.79 Å². The Morgan fingerprint density at radius 1 is 1.43 bits per heavy atom. The summed E-state index contributed by atoms with van der Waals surface area (Å²) < 4.78 is 0. The summed E-state index contributed by atoms with van der Waals surface area (Å²) in [7, 11) is 0. The first-order chi connectivity index (χ1) is 10.2. The lowest BCUT2D eigenvalue weighted by Gasteiger charge is -2.24. The van der Waals surface area contributed by atoms with Gasteiger partial charge >= 0.3 is 0 Å². The van der Waals surface area contributed by atoms with E-state index >= 15 is 0 Å². The molecule has 0 bridgehead atoms. The fourth-order valence-electron chi connectivity index (χ4n) is 3.01. The van der Waals surface area contributed by atoms with Gasteiger partial charge in [0.15, 0.2) is 0 Å². The first-order valence-electron chi connectivity index (χ1n) is 7.91. The van der Waals surface area contributed by atoms with Gasteiger partial charge in [0.1, 0.15) is 0 Å². The zero-order valence-electron chi connectivity index (χ0n) is 12.8. The highest BCUT2D eigenvalue weighted by Gasteiger charge is 2.24. The molecule has 1 amide bonds. The normalized spacial score (nSPS) is 18.9. The Labute approximate surface area is 127 Å². The van der Waals surface area contributed by atoms with E-state index in [0.29, 0.717) is 12.5 Å². The Balaban J connectivity index is 1.77. The molecule has 1 fully saturated rings. The number of aliphatic hydroxyl groups excluding tert-OH is 1. The van der Waals surface area contributed by atoms with Crippen molar-refractivity contribution in [1.29, 1.82) is 0 Å². The predicted molar refractivity (Wildman–Crippen MR) is 85.3 cm³/mol. The van der Waals surface area contributed by atoms with Gasteiger partial charge in [-0.25, -0.2) is 0 Å². The number of anilines is 1. The van der Waals surface area contributed by atoms with Crippen LogP contribution in [-0.4, -0.2) is 41.7 Å². The van der Waals surface area contributed by atoms with Crippen LogP contribution in [0.2, 0.25) is 0 Å². The maximum absolute atomic E-state index is 12.1. The van der Waals surface area contributed by atoms with E-state index in [1.807, 2.05) is 31.2 Å². The zero-order chi connectivity index (χ0) is 15.1. The Kier molecular flexibility index (Phi) is 6.21. The Morgan fingerprint density at radius 2 is 2.24 bits per heavy atom. The number of aryl methyl sites for hydroxylation is 1. The summed E-state index contributed by atoms with van der Waals surface area (Å²) in [6, 6.07) is 8.40. The summed E-state index contributed by atoms with van der Waals surface area (Å²) in [4.78, 5) is 14.5. The second-order valence-corrected chi connectivity index (χ2v) is 5.81. The van der Waals surface area contributed by atoms with E-state index in [-0.39, 0.29) is 12.5 Å². The average molecular weight is 290 g/mol. The molecule has 4 nitrogen and oxygen atoms in total. The van der Waals surface area contributed by atoms with Crippen molar-refractivity contribution in [1.82, 2.24) is 4.90 Å². The zero-order valence-corrected chi connectivity index (χ0v) is 12.8. The van der Waals surface area contributed by atoms with Gasteiger partial charge in [0.05, 0.1) is 0 Å². The standard InChI is InChI=1S/C17H26N2O2/c1-14-6-2-3-9-16(14)18-17(21)10-12-19-11-4-7-15(19)8-5-13-20/h2-3,6,9,15,20H,4-5,7-8,10-13H2,1H3,(H,18,21). The molecule has 1 unspecified atom stereocenters. The van der Waals surface area contributed by atoms with E-state index in [1.54, 1.807) is 0 Å². The van der Waals surface area contributed by atoms with E-state index < -0.39 is 0 Å². The number of aliphatic hydroxyl groups is 1. The average Bonchev–Trinajstić information content (AvgIpc) is 2.93. The van der Waals surface area contributed by atoms with Gasteiger partial charge in [-0.15, -0.1) is 0 Å². The van der Waals surface area contributed by atoms with Crippen LogP contribution in [0.25, 0.3) is 0 Å². The van der Waals surface area contributed by atoms with Crippen LogP contribution < -0.4 is 5.32 Å². The van der Waals surface area contributed by atoms with Crippen molar-refractivity contribution in [2.75, 3.05) is 25.0 Å². The number of hydrogen-bond donors (Lipinski definition) is 2. The van der Waals surface area contributed by atoms with Gasteiger partial charge in [-0.05, 0) is 50.8 Å². The molecule has 21 heavy (non-hydrogen) atoms. The molecule has 1 aromatic rings. The predicted octanol–water partition coefficient (Wildman–Crippen LogP) is 2.56. The van der Waals surface area contributed by atoms with Crippen LogP contribution >= 0.6 is 0 Å². The highest BCUT2D eigenvalue weighted by molar-refractivity contribution is 5.91. The molecular weight excluding hydrogens is 264 g/mol. The molecule has 0 aromatic heterocycles. The Hall–Kier alpha value is -1.39. The molecule has 0 aliphatic carbocycles. The SMILES string of the molecule is Cc1ccccc1NC(=O)CCN1CCCC1CCCO. The Morgan fingerprint density at radius 3 is 3.00 bits per heavy atom. The number of carbonyl (C=O) groups is 1. The number of rotatable bonds is 7. The molecule has 1 aliphatic heterocycles. The second-order valence-electron chi connectivity index (χ2n) is 5.81. The molecule has 0 spiro atoms. The number of amides is 1. The fraction of sp³-hybridized carbons (Fsp3) is 0.588. The fourth-order valence-corrected chi connectivity index (χ4v) is 3.01. The molecule has 0 radical (unpaired) electrons. The van der Waals surface area contributed by atoms with Crippen molar-refractivity contribution >= 4 is 11.6 Å². The summed E-state index contributed by atoms with van der Waals surface area (Å²) in [5, 5.41) is 11.9. The molecule has 1 heterocycles. The summed E-state index contributed by atoms with van der Waals surface area (Å²) in [6.45, 7) is 4.15. The highest BCUT2D eigenvalue weighted by Crippen LogP contribution is 2.21. The largest absolute Gasteiger partial charge is 0.396 e. The molecule has 116 valence electrons. The van der Waals surface area contributed by atoms with E-state index in [1.165, 1.54) is 12.8 Å². The summed E-state index contributed by atoms with van der Waals surface area (Å²) >= 11 is 0. The van der Waals surface area contributed by atoms with Crippen molar-refractivity contribution in [2.24, 2.45) is 0 Å². The highest BCUT2D eigenvalue weighted by atomic mass is 16.2. The third-order valence-corrected chi connectivity index (χ3v) is 4.24. The van der Waals surface area contributed by atoms with Crippen LogP contribution in [0.4, 0.5) is 5.69 Å². The molecule has 0 saturated carbocycles. The van der Waals surface area contributed by atoms with Crippen molar-refractivity contribution in [3.05, 3.63) is 29.8 Å². The van der Waals surface area contributed by atoms with Gasteiger partial charge in [0, 0.05) is 31.3 Å². The van der Waals surface area contributed by atoms with Crippen molar-refractivity contribution in [3.8, 4) is 0 Å². The number of benzene rings is 1. The van der Waals surface area contributed by atoms with Gasteiger partial charge in [0.25, 0.3) is 0 Å². The molecule has 1 aromatic carbocycles. The number of para-hydroxylation sites is 1. The molecule has 1 atom stereocenters. The second kappa shape index (κ2) is 8.15. The molecule has 4 heteroatoms. The lowest BCUT2D eigenvalue weighted by Crippen LogP contribution is -2.32. The minimum atomic E-state index is 0.0807. The number of nitrogens with zero attached hydrogens (tertiary/aromatic N) is 1. The van der Waals surface area contributed by atoms with Crippen molar-refractivity contribution in [2.45, 2.75) is 45.1 Å². The topological polar surface area (TPSA) is 52.6 Å². The van der Waals surface area contributed by atoms with E-state index in [0.717, 1.165) is 37.2 Å². The summed E-state index contributed by atoms with van der Waals surface area (Å²) in [6.07, 6.45) is 4.82. The van der Waals surface area contributed by atoms with Gasteiger partial charge in [0.2, 0.25) is 5.91 Å². The van der Waals surface area contributed by atoms with Crippen LogP contribution in [0.3, 0.4) is 0 Å². The van der Waals surface area contributed by atoms with Gasteiger partial charge in [-0.3, -0.25) is 9.69 Å². The third-order valence-electron chi connectivity index (χ3n) is 4.24. The van der Waals surface area contributed by atoms with Crippen LogP contribution in [0.5, 0.6) is 0 Å². The minimum absolute atomic E-state index is 0.0807. The van der Waals surface area contributed by atoms with Crippen LogP contribution in [-0.2, 0) is 4.79 Å². The monoisotopic (exact) mass is 290 g/mol. The number of likely N-dealkylation sites (tertiary alicyclic amines) is 1.